The van der Waals surface area contributed by atoms with Crippen molar-refractivity contribution in [1.29, 1.82) is 0 Å². The number of aryl methyl sites for hydroxylation is 1. The van der Waals surface area contributed by atoms with Crippen molar-refractivity contribution in [3.63, 3.8) is 0 Å². The summed E-state index contributed by atoms with van der Waals surface area (Å²) in [5.41, 5.74) is 1.70. The minimum absolute atomic E-state index is 0.0407. The number of carbonyl (C=O) groups is 1. The molecule has 0 fully saturated rings. The van der Waals surface area contributed by atoms with Gasteiger partial charge in [0.1, 0.15) is 5.75 Å². The Morgan fingerprint density at radius 1 is 1.21 bits per heavy atom. The second-order valence-corrected chi connectivity index (χ2v) is 4.95. The molecule has 98 valence electrons. The van der Waals surface area contributed by atoms with Gasteiger partial charge in [-0.25, -0.2) is 0 Å². The Bertz CT molecular complexity index is 641. The summed E-state index contributed by atoms with van der Waals surface area (Å²) in [7, 11) is 0. The van der Waals surface area contributed by atoms with E-state index in [1.54, 1.807) is 6.07 Å². The van der Waals surface area contributed by atoms with Crippen molar-refractivity contribution in [2.24, 2.45) is 0 Å². The molecule has 2 aromatic rings. The highest BCUT2D eigenvalue weighted by atomic mass is 35.5. The molecule has 0 saturated heterocycles. The van der Waals surface area contributed by atoms with E-state index in [1.165, 1.54) is 12.1 Å². The number of carbonyl (C=O) groups excluding carboxylic acids is 1. The van der Waals surface area contributed by atoms with Gasteiger partial charge in [0.2, 0.25) is 0 Å². The van der Waals surface area contributed by atoms with Crippen LogP contribution in [0.5, 0.6) is 5.75 Å². The van der Waals surface area contributed by atoms with Crippen LogP contribution in [0.15, 0.2) is 36.4 Å². The lowest BCUT2D eigenvalue weighted by Gasteiger charge is -2.09. The molecule has 3 nitrogen and oxygen atoms in total. The van der Waals surface area contributed by atoms with E-state index in [2.05, 4.69) is 5.32 Å². The summed E-state index contributed by atoms with van der Waals surface area (Å²) in [6, 6.07) is 10.1. The quantitative estimate of drug-likeness (QED) is 0.870. The van der Waals surface area contributed by atoms with Crippen LogP contribution >= 0.6 is 23.2 Å². The van der Waals surface area contributed by atoms with Crippen molar-refractivity contribution in [1.82, 2.24) is 0 Å². The van der Waals surface area contributed by atoms with Crippen LogP contribution in [0.4, 0.5) is 5.69 Å². The number of aromatic hydroxyl groups is 1. The maximum atomic E-state index is 12.1. The fourth-order valence-corrected chi connectivity index (χ4v) is 2.15. The first-order chi connectivity index (χ1) is 8.97. The topological polar surface area (TPSA) is 49.3 Å². The monoisotopic (exact) mass is 295 g/mol. The molecule has 0 aliphatic heterocycles. The summed E-state index contributed by atoms with van der Waals surface area (Å²) in [4.78, 5) is 12.1. The second kappa shape index (κ2) is 5.51. The molecule has 2 N–H and O–H groups in total. The van der Waals surface area contributed by atoms with Crippen LogP contribution in [-0.4, -0.2) is 11.0 Å². The van der Waals surface area contributed by atoms with E-state index in [4.69, 9.17) is 23.2 Å². The average Bonchev–Trinajstić information content (AvgIpc) is 2.33. The van der Waals surface area contributed by atoms with Crippen molar-refractivity contribution in [2.45, 2.75) is 6.92 Å². The van der Waals surface area contributed by atoms with Crippen LogP contribution in [0.3, 0.4) is 0 Å². The number of halogens is 2. The number of amides is 1. The third kappa shape index (κ3) is 3.19. The van der Waals surface area contributed by atoms with E-state index < -0.39 is 5.91 Å². The maximum absolute atomic E-state index is 12.1. The molecule has 0 bridgehead atoms. The number of phenolic OH excluding ortho intramolecular Hbond substituents is 1. The molecule has 1 amide bonds. The largest absolute Gasteiger partial charge is 0.506 e. The van der Waals surface area contributed by atoms with Gasteiger partial charge in [-0.2, -0.15) is 0 Å². The lowest BCUT2D eigenvalue weighted by Crippen LogP contribution is -2.12. The predicted octanol–water partition coefficient (Wildman–Crippen LogP) is 4.26. The first kappa shape index (κ1) is 13.7. The summed E-state index contributed by atoms with van der Waals surface area (Å²) < 4.78 is 0. The van der Waals surface area contributed by atoms with Gasteiger partial charge in [0.15, 0.2) is 0 Å². The van der Waals surface area contributed by atoms with Crippen molar-refractivity contribution >= 4 is 34.8 Å². The minimum atomic E-state index is -0.465. The van der Waals surface area contributed by atoms with Crippen molar-refractivity contribution in [2.75, 3.05) is 5.32 Å². The molecule has 2 aromatic carbocycles. The molecule has 0 saturated carbocycles. The number of phenols is 1. The Balaban J connectivity index is 2.30. The van der Waals surface area contributed by atoms with Crippen LogP contribution in [-0.2, 0) is 0 Å². The molecule has 0 aliphatic carbocycles. The molecule has 0 atom stereocenters. The SMILES string of the molecule is Cc1cccc(NC(=O)c2cc(Cl)cc(Cl)c2O)c1. The Morgan fingerprint density at radius 3 is 2.63 bits per heavy atom. The van der Waals surface area contributed by atoms with E-state index in [0.29, 0.717) is 5.69 Å². The highest BCUT2D eigenvalue weighted by Gasteiger charge is 2.15. The Labute approximate surface area is 120 Å². The lowest BCUT2D eigenvalue weighted by atomic mass is 10.1. The molecular formula is C14H11Cl2NO2. The average molecular weight is 296 g/mol. The molecule has 0 heterocycles. The lowest BCUT2D eigenvalue weighted by molar-refractivity contribution is 0.102. The summed E-state index contributed by atoms with van der Waals surface area (Å²) in [6.45, 7) is 1.92. The number of hydrogen-bond donors (Lipinski definition) is 2. The first-order valence-electron chi connectivity index (χ1n) is 5.53. The van der Waals surface area contributed by atoms with Crippen molar-refractivity contribution < 1.29 is 9.90 Å². The molecule has 5 heteroatoms. The number of hydrogen-bond acceptors (Lipinski definition) is 2. The fraction of sp³-hybridized carbons (Fsp3) is 0.0714. The first-order valence-corrected chi connectivity index (χ1v) is 6.29. The van der Waals surface area contributed by atoms with E-state index >= 15 is 0 Å². The predicted molar refractivity (Wildman–Crippen MR) is 77.3 cm³/mol. The van der Waals surface area contributed by atoms with E-state index in [-0.39, 0.29) is 21.4 Å². The summed E-state index contributed by atoms with van der Waals surface area (Å²) in [5, 5.41) is 12.8. The van der Waals surface area contributed by atoms with Crippen molar-refractivity contribution in [3.05, 3.63) is 57.6 Å². The Kier molecular flexibility index (Phi) is 3.98. The minimum Gasteiger partial charge on any atom is -0.506 e. The van der Waals surface area contributed by atoms with Gasteiger partial charge in [0.05, 0.1) is 10.6 Å². The second-order valence-electron chi connectivity index (χ2n) is 4.11. The third-order valence-corrected chi connectivity index (χ3v) is 3.06. The molecule has 0 unspecified atom stereocenters. The smallest absolute Gasteiger partial charge is 0.259 e. The molecule has 2 rings (SSSR count). The van der Waals surface area contributed by atoms with E-state index in [0.717, 1.165) is 5.56 Å². The van der Waals surface area contributed by atoms with Crippen LogP contribution < -0.4 is 5.32 Å². The number of benzene rings is 2. The van der Waals surface area contributed by atoms with E-state index in [1.807, 2.05) is 25.1 Å². The van der Waals surface area contributed by atoms with Crippen LogP contribution in [0.25, 0.3) is 0 Å². The number of nitrogens with one attached hydrogen (secondary N) is 1. The van der Waals surface area contributed by atoms with E-state index in [9.17, 15) is 9.90 Å². The molecule has 0 spiro atoms. The van der Waals surface area contributed by atoms with Gasteiger partial charge in [0.25, 0.3) is 5.91 Å². The zero-order valence-electron chi connectivity index (χ0n) is 10.1. The van der Waals surface area contributed by atoms with Crippen LogP contribution in [0.2, 0.25) is 10.0 Å². The number of rotatable bonds is 2. The van der Waals surface area contributed by atoms with Crippen LogP contribution in [0, 0.1) is 6.92 Å². The van der Waals surface area contributed by atoms with Gasteiger partial charge in [-0.15, -0.1) is 0 Å². The van der Waals surface area contributed by atoms with Gasteiger partial charge in [-0.05, 0) is 36.8 Å². The summed E-state index contributed by atoms with van der Waals surface area (Å²) in [5.74, 6) is -0.747. The molecular weight excluding hydrogens is 285 g/mol. The molecule has 0 aromatic heterocycles. The highest BCUT2D eigenvalue weighted by Crippen LogP contribution is 2.31. The molecule has 19 heavy (non-hydrogen) atoms. The molecule has 0 aliphatic rings. The Hall–Kier alpha value is -1.71. The van der Waals surface area contributed by atoms with Crippen molar-refractivity contribution in [3.8, 4) is 5.75 Å². The number of anilines is 1. The highest BCUT2D eigenvalue weighted by molar-refractivity contribution is 6.36. The van der Waals surface area contributed by atoms with Gasteiger partial charge in [-0.1, -0.05) is 35.3 Å². The van der Waals surface area contributed by atoms with Gasteiger partial charge in [0, 0.05) is 10.7 Å². The van der Waals surface area contributed by atoms with Gasteiger partial charge < -0.3 is 10.4 Å². The summed E-state index contributed by atoms with van der Waals surface area (Å²) in [6.07, 6.45) is 0. The van der Waals surface area contributed by atoms with Gasteiger partial charge in [-0.3, -0.25) is 4.79 Å². The zero-order valence-corrected chi connectivity index (χ0v) is 11.6. The van der Waals surface area contributed by atoms with Crippen LogP contribution in [0.1, 0.15) is 15.9 Å². The Morgan fingerprint density at radius 2 is 1.95 bits per heavy atom. The normalized spacial score (nSPS) is 10.3. The standard InChI is InChI=1S/C14H11Cl2NO2/c1-8-3-2-4-10(5-8)17-14(19)11-6-9(15)7-12(16)13(11)18/h2-7,18H,1H3,(H,17,19). The molecule has 0 radical (unpaired) electrons. The zero-order chi connectivity index (χ0) is 14.0. The summed E-state index contributed by atoms with van der Waals surface area (Å²) >= 11 is 11.6. The van der Waals surface area contributed by atoms with Gasteiger partial charge >= 0.3 is 0 Å². The third-order valence-electron chi connectivity index (χ3n) is 2.55. The maximum Gasteiger partial charge on any atom is 0.259 e. The fourth-order valence-electron chi connectivity index (χ4n) is 1.66.